The number of nitriles is 1. The number of methoxy groups -OCH3 is 1. The molecule has 5 nitrogen and oxygen atoms in total. The first-order chi connectivity index (χ1) is 14.4. The normalized spacial score (nSPS) is 10.9. The van der Waals surface area contributed by atoms with Crippen LogP contribution in [-0.4, -0.2) is 16.7 Å². The zero-order chi connectivity index (χ0) is 21.4. The second-order valence-electron chi connectivity index (χ2n) is 7.28. The summed E-state index contributed by atoms with van der Waals surface area (Å²) in [5, 5.41) is 9.79. The fourth-order valence-electron chi connectivity index (χ4n) is 3.75. The lowest BCUT2D eigenvalue weighted by Crippen LogP contribution is -2.24. The Kier molecular flexibility index (Phi) is 5.15. The standard InChI is InChI=1S/C24H21N3O2S/c1-14-8-9-20(29-4)19(10-14)21-15(2)30-23-22(21)24(28)27(16(3)26-23)13-18-7-5-6-17(11-18)12-25/h5-11H,13H2,1-4H3. The fourth-order valence-corrected chi connectivity index (χ4v) is 4.82. The van der Waals surface area contributed by atoms with Crippen molar-refractivity contribution >= 4 is 21.6 Å². The van der Waals surface area contributed by atoms with E-state index in [2.05, 4.69) is 6.07 Å². The van der Waals surface area contributed by atoms with Crippen molar-refractivity contribution in [1.82, 2.24) is 9.55 Å². The number of benzene rings is 2. The minimum absolute atomic E-state index is 0.0808. The zero-order valence-electron chi connectivity index (χ0n) is 17.3. The summed E-state index contributed by atoms with van der Waals surface area (Å²) in [6.07, 6.45) is 0. The molecule has 0 saturated carbocycles. The van der Waals surface area contributed by atoms with Crippen molar-refractivity contribution in [2.75, 3.05) is 7.11 Å². The molecule has 0 N–H and O–H groups in total. The van der Waals surface area contributed by atoms with Gasteiger partial charge in [-0.3, -0.25) is 9.36 Å². The molecule has 0 aliphatic carbocycles. The molecule has 0 radical (unpaired) electrons. The highest BCUT2D eigenvalue weighted by atomic mass is 32.1. The molecule has 6 heteroatoms. The van der Waals surface area contributed by atoms with Gasteiger partial charge in [0.15, 0.2) is 0 Å². The first-order valence-corrected chi connectivity index (χ1v) is 10.4. The van der Waals surface area contributed by atoms with Crippen molar-refractivity contribution < 1.29 is 4.74 Å². The molecule has 0 aliphatic heterocycles. The van der Waals surface area contributed by atoms with E-state index in [4.69, 9.17) is 9.72 Å². The van der Waals surface area contributed by atoms with Crippen LogP contribution in [-0.2, 0) is 6.54 Å². The molecular formula is C24H21N3O2S. The van der Waals surface area contributed by atoms with E-state index in [1.807, 2.05) is 51.1 Å². The molecule has 0 bridgehead atoms. The predicted octanol–water partition coefficient (Wildman–Crippen LogP) is 4.98. The third-order valence-corrected chi connectivity index (χ3v) is 6.20. The van der Waals surface area contributed by atoms with E-state index in [-0.39, 0.29) is 5.56 Å². The highest BCUT2D eigenvalue weighted by molar-refractivity contribution is 7.19. The van der Waals surface area contributed by atoms with Crippen LogP contribution in [0, 0.1) is 32.1 Å². The summed E-state index contributed by atoms with van der Waals surface area (Å²) in [6.45, 7) is 6.24. The van der Waals surface area contributed by atoms with Gasteiger partial charge in [0.25, 0.3) is 5.56 Å². The van der Waals surface area contributed by atoms with E-state index >= 15 is 0 Å². The van der Waals surface area contributed by atoms with Crippen LogP contribution in [0.4, 0.5) is 0 Å². The molecule has 0 atom stereocenters. The summed E-state index contributed by atoms with van der Waals surface area (Å²) in [6, 6.07) is 15.4. The molecule has 0 amide bonds. The van der Waals surface area contributed by atoms with Crippen LogP contribution < -0.4 is 10.3 Å². The van der Waals surface area contributed by atoms with E-state index < -0.39 is 0 Å². The molecule has 150 valence electrons. The third-order valence-electron chi connectivity index (χ3n) is 5.20. The topological polar surface area (TPSA) is 67.9 Å². The molecule has 2 heterocycles. The number of hydrogen-bond acceptors (Lipinski definition) is 5. The summed E-state index contributed by atoms with van der Waals surface area (Å²) in [7, 11) is 1.64. The van der Waals surface area contributed by atoms with Crippen LogP contribution in [0.2, 0.25) is 0 Å². The average molecular weight is 416 g/mol. The van der Waals surface area contributed by atoms with Crippen LogP contribution >= 0.6 is 11.3 Å². The Morgan fingerprint density at radius 2 is 1.97 bits per heavy atom. The minimum Gasteiger partial charge on any atom is -0.496 e. The second-order valence-corrected chi connectivity index (χ2v) is 8.48. The Bertz CT molecular complexity index is 1380. The lowest BCUT2D eigenvalue weighted by molar-refractivity contribution is 0.416. The van der Waals surface area contributed by atoms with E-state index in [9.17, 15) is 10.1 Å². The Hall–Kier alpha value is -3.43. The van der Waals surface area contributed by atoms with E-state index in [1.165, 1.54) is 11.3 Å². The Labute approximate surface area is 178 Å². The van der Waals surface area contributed by atoms with E-state index in [0.29, 0.717) is 23.3 Å². The fraction of sp³-hybridized carbons (Fsp3) is 0.208. The third kappa shape index (κ3) is 3.38. The molecule has 0 spiro atoms. The SMILES string of the molecule is COc1ccc(C)cc1-c1c(C)sc2nc(C)n(Cc3cccc(C#N)c3)c(=O)c12. The molecule has 2 aromatic carbocycles. The number of hydrogen-bond donors (Lipinski definition) is 0. The number of thiophene rings is 1. The van der Waals surface area contributed by atoms with Gasteiger partial charge in [-0.2, -0.15) is 5.26 Å². The summed E-state index contributed by atoms with van der Waals surface area (Å²) < 4.78 is 7.27. The van der Waals surface area contributed by atoms with E-state index in [1.54, 1.807) is 23.8 Å². The Balaban J connectivity index is 1.96. The van der Waals surface area contributed by atoms with Gasteiger partial charge in [0.1, 0.15) is 16.4 Å². The van der Waals surface area contributed by atoms with Crippen LogP contribution in [0.3, 0.4) is 0 Å². The van der Waals surface area contributed by atoms with Gasteiger partial charge in [-0.05, 0) is 50.6 Å². The summed E-state index contributed by atoms with van der Waals surface area (Å²) in [5.41, 5.74) is 4.27. The van der Waals surface area contributed by atoms with Gasteiger partial charge < -0.3 is 4.74 Å². The predicted molar refractivity (Wildman–Crippen MR) is 120 cm³/mol. The minimum atomic E-state index is -0.0808. The maximum absolute atomic E-state index is 13.6. The summed E-state index contributed by atoms with van der Waals surface area (Å²) >= 11 is 1.52. The maximum Gasteiger partial charge on any atom is 0.263 e. The van der Waals surface area contributed by atoms with Gasteiger partial charge in [-0.25, -0.2) is 4.98 Å². The monoisotopic (exact) mass is 415 g/mol. The number of nitrogens with zero attached hydrogens (tertiary/aromatic N) is 3. The van der Waals surface area contributed by atoms with Gasteiger partial charge in [0, 0.05) is 16.0 Å². The van der Waals surface area contributed by atoms with Gasteiger partial charge >= 0.3 is 0 Å². The zero-order valence-corrected chi connectivity index (χ0v) is 18.1. The quantitative estimate of drug-likeness (QED) is 0.471. The lowest BCUT2D eigenvalue weighted by Gasteiger charge is -2.12. The molecule has 0 saturated heterocycles. The maximum atomic E-state index is 13.6. The molecule has 4 aromatic rings. The first kappa shape index (κ1) is 19.9. The highest BCUT2D eigenvalue weighted by Crippen LogP contribution is 2.40. The summed E-state index contributed by atoms with van der Waals surface area (Å²) in [5.74, 6) is 1.38. The highest BCUT2D eigenvalue weighted by Gasteiger charge is 2.21. The molecular weight excluding hydrogens is 394 g/mol. The van der Waals surface area contributed by atoms with Crippen LogP contribution in [0.15, 0.2) is 47.3 Å². The molecule has 0 fully saturated rings. The second kappa shape index (κ2) is 7.77. The van der Waals surface area contributed by atoms with Gasteiger partial charge in [0.05, 0.1) is 30.7 Å². The van der Waals surface area contributed by atoms with Crippen molar-refractivity contribution in [1.29, 1.82) is 5.26 Å². The van der Waals surface area contributed by atoms with Crippen LogP contribution in [0.1, 0.15) is 27.4 Å². The smallest absolute Gasteiger partial charge is 0.263 e. The molecule has 0 aliphatic rings. The molecule has 4 rings (SSSR count). The lowest BCUT2D eigenvalue weighted by atomic mass is 10.0. The molecule has 2 aromatic heterocycles. The summed E-state index contributed by atoms with van der Waals surface area (Å²) in [4.78, 5) is 20.1. The number of rotatable bonds is 4. The number of fused-ring (bicyclic) bond motifs is 1. The number of aryl methyl sites for hydroxylation is 3. The van der Waals surface area contributed by atoms with E-state index in [0.717, 1.165) is 37.7 Å². The van der Waals surface area contributed by atoms with Crippen LogP contribution in [0.5, 0.6) is 5.75 Å². The van der Waals surface area contributed by atoms with Gasteiger partial charge in [0.2, 0.25) is 0 Å². The van der Waals surface area contributed by atoms with Gasteiger partial charge in [-0.15, -0.1) is 11.3 Å². The van der Waals surface area contributed by atoms with Crippen molar-refractivity contribution in [2.45, 2.75) is 27.3 Å². The molecule has 30 heavy (non-hydrogen) atoms. The van der Waals surface area contributed by atoms with Crippen molar-refractivity contribution in [3.05, 3.63) is 80.2 Å². The Morgan fingerprint density at radius 1 is 1.17 bits per heavy atom. The van der Waals surface area contributed by atoms with Crippen molar-refractivity contribution in [3.8, 4) is 22.9 Å². The Morgan fingerprint density at radius 3 is 2.70 bits per heavy atom. The van der Waals surface area contributed by atoms with Crippen LogP contribution in [0.25, 0.3) is 21.3 Å². The number of aromatic nitrogens is 2. The van der Waals surface area contributed by atoms with Crippen molar-refractivity contribution in [2.24, 2.45) is 0 Å². The van der Waals surface area contributed by atoms with Gasteiger partial charge in [-0.1, -0.05) is 23.8 Å². The average Bonchev–Trinajstić information content (AvgIpc) is 3.06. The number of ether oxygens (including phenoxy) is 1. The first-order valence-electron chi connectivity index (χ1n) is 9.57. The largest absolute Gasteiger partial charge is 0.496 e. The van der Waals surface area contributed by atoms with Crippen molar-refractivity contribution in [3.63, 3.8) is 0 Å². The molecule has 0 unspecified atom stereocenters.